The fraction of sp³-hybridized carbons (Fsp3) is 0.375. The first-order valence-electron chi connectivity index (χ1n) is 7.72. The highest BCUT2D eigenvalue weighted by atomic mass is 35.5. The summed E-state index contributed by atoms with van der Waals surface area (Å²) < 4.78 is 5.00. The van der Waals surface area contributed by atoms with Crippen LogP contribution in [-0.4, -0.2) is 41.1 Å². The van der Waals surface area contributed by atoms with Gasteiger partial charge in [-0.3, -0.25) is 4.79 Å². The van der Waals surface area contributed by atoms with E-state index >= 15 is 0 Å². The maximum absolute atomic E-state index is 12.4. The van der Waals surface area contributed by atoms with Crippen molar-refractivity contribution >= 4 is 23.5 Å². The van der Waals surface area contributed by atoms with Crippen molar-refractivity contribution in [2.75, 3.05) is 25.1 Å². The van der Waals surface area contributed by atoms with E-state index in [4.69, 9.17) is 16.3 Å². The monoisotopic (exact) mass is 347 g/mol. The fourth-order valence-corrected chi connectivity index (χ4v) is 2.67. The van der Waals surface area contributed by atoms with E-state index in [9.17, 15) is 4.79 Å². The number of nitrogens with zero attached hydrogens (tertiary/aromatic N) is 4. The lowest BCUT2D eigenvalue weighted by molar-refractivity contribution is 0.0946. The maximum atomic E-state index is 12.4. The van der Waals surface area contributed by atoms with Crippen molar-refractivity contribution < 1.29 is 9.53 Å². The second-order valence-electron chi connectivity index (χ2n) is 5.45. The number of nitrogens with one attached hydrogen (secondary N) is 1. The van der Waals surface area contributed by atoms with Gasteiger partial charge in [0.25, 0.3) is 5.91 Å². The Labute approximate surface area is 145 Å². The molecule has 0 spiro atoms. The molecule has 24 heavy (non-hydrogen) atoms. The van der Waals surface area contributed by atoms with Gasteiger partial charge in [-0.2, -0.15) is 0 Å². The van der Waals surface area contributed by atoms with E-state index in [1.54, 1.807) is 19.4 Å². The van der Waals surface area contributed by atoms with E-state index in [0.717, 1.165) is 31.5 Å². The first kappa shape index (κ1) is 16.4. The number of pyridine rings is 1. The summed E-state index contributed by atoms with van der Waals surface area (Å²) in [5.74, 6) is 0.742. The zero-order valence-electron chi connectivity index (χ0n) is 13.3. The third-order valence-corrected chi connectivity index (χ3v) is 4.07. The molecule has 1 aliphatic heterocycles. The van der Waals surface area contributed by atoms with E-state index < -0.39 is 0 Å². The molecule has 2 aromatic heterocycles. The van der Waals surface area contributed by atoms with Gasteiger partial charge in [-0.25, -0.2) is 15.0 Å². The zero-order chi connectivity index (χ0) is 16.9. The fourth-order valence-electron chi connectivity index (χ4n) is 2.49. The van der Waals surface area contributed by atoms with Crippen LogP contribution < -0.4 is 15.0 Å². The average Bonchev–Trinajstić information content (AvgIpc) is 3.15. The number of carbonyl (C=O) groups is 1. The Balaban J connectivity index is 1.68. The standard InChI is InChI=1S/C16H18ClN5O2/c1-24-13-5-4-11(8-18-13)9-19-15(23)14-12(17)10-20-16(21-14)22-6-2-3-7-22/h4-5,8,10H,2-3,6-7,9H2,1H3,(H,19,23). The van der Waals surface area contributed by atoms with E-state index in [2.05, 4.69) is 25.2 Å². The lowest BCUT2D eigenvalue weighted by Gasteiger charge is -2.16. The van der Waals surface area contributed by atoms with Crippen molar-refractivity contribution in [3.05, 3.63) is 40.8 Å². The van der Waals surface area contributed by atoms with Crippen molar-refractivity contribution in [2.24, 2.45) is 0 Å². The summed E-state index contributed by atoms with van der Waals surface area (Å²) in [5.41, 5.74) is 1.05. The molecule has 0 radical (unpaired) electrons. The maximum Gasteiger partial charge on any atom is 0.271 e. The highest BCUT2D eigenvalue weighted by molar-refractivity contribution is 6.33. The Hall–Kier alpha value is -2.41. The number of methoxy groups -OCH3 is 1. The van der Waals surface area contributed by atoms with Gasteiger partial charge < -0.3 is 15.0 Å². The third-order valence-electron chi connectivity index (χ3n) is 3.80. The molecule has 0 aliphatic carbocycles. The van der Waals surface area contributed by atoms with Crippen LogP contribution in [0.5, 0.6) is 5.88 Å². The lowest BCUT2D eigenvalue weighted by atomic mass is 10.2. The Morgan fingerprint density at radius 2 is 2.08 bits per heavy atom. The van der Waals surface area contributed by atoms with E-state index in [-0.39, 0.29) is 16.6 Å². The number of ether oxygens (including phenoxy) is 1. The predicted octanol–water partition coefficient (Wildman–Crippen LogP) is 2.06. The molecule has 3 rings (SSSR count). The molecule has 0 bridgehead atoms. The molecule has 8 heteroatoms. The number of hydrogen-bond donors (Lipinski definition) is 1. The Morgan fingerprint density at radius 3 is 2.75 bits per heavy atom. The van der Waals surface area contributed by atoms with Crippen LogP contribution in [0.15, 0.2) is 24.5 Å². The molecule has 126 valence electrons. The molecule has 0 unspecified atom stereocenters. The van der Waals surface area contributed by atoms with Crippen LogP contribution in [0.4, 0.5) is 5.95 Å². The van der Waals surface area contributed by atoms with Gasteiger partial charge in [-0.15, -0.1) is 0 Å². The summed E-state index contributed by atoms with van der Waals surface area (Å²) in [6.45, 7) is 2.13. The molecule has 3 heterocycles. The lowest BCUT2D eigenvalue weighted by Crippen LogP contribution is -2.26. The van der Waals surface area contributed by atoms with Gasteiger partial charge in [-0.05, 0) is 18.4 Å². The molecule has 0 aromatic carbocycles. The number of carbonyl (C=O) groups excluding carboxylic acids is 1. The van der Waals surface area contributed by atoms with Gasteiger partial charge in [0.15, 0.2) is 5.69 Å². The number of aromatic nitrogens is 3. The summed E-state index contributed by atoms with van der Waals surface area (Å²) in [6.07, 6.45) is 5.35. The van der Waals surface area contributed by atoms with Crippen LogP contribution in [0, 0.1) is 0 Å². The first-order chi connectivity index (χ1) is 11.7. The van der Waals surface area contributed by atoms with Crippen LogP contribution in [0.3, 0.4) is 0 Å². The topological polar surface area (TPSA) is 80.2 Å². The molecule has 7 nitrogen and oxygen atoms in total. The minimum absolute atomic E-state index is 0.190. The van der Waals surface area contributed by atoms with E-state index in [0.29, 0.717) is 18.4 Å². The highest BCUT2D eigenvalue weighted by Crippen LogP contribution is 2.20. The molecular weight excluding hydrogens is 330 g/mol. The number of rotatable bonds is 5. The summed E-state index contributed by atoms with van der Waals surface area (Å²) in [5, 5.41) is 3.04. The Bertz CT molecular complexity index is 717. The van der Waals surface area contributed by atoms with Crippen LogP contribution >= 0.6 is 11.6 Å². The molecule has 1 fully saturated rings. The SMILES string of the molecule is COc1ccc(CNC(=O)c2nc(N3CCCC3)ncc2Cl)cn1. The minimum Gasteiger partial charge on any atom is -0.481 e. The quantitative estimate of drug-likeness (QED) is 0.891. The predicted molar refractivity (Wildman–Crippen MR) is 90.4 cm³/mol. The largest absolute Gasteiger partial charge is 0.481 e. The molecule has 1 amide bonds. The van der Waals surface area contributed by atoms with Crippen LogP contribution in [0.25, 0.3) is 0 Å². The van der Waals surface area contributed by atoms with Gasteiger partial charge >= 0.3 is 0 Å². The molecule has 2 aromatic rings. The van der Waals surface area contributed by atoms with E-state index in [1.807, 2.05) is 6.07 Å². The van der Waals surface area contributed by atoms with Gasteiger partial charge in [0.05, 0.1) is 18.3 Å². The van der Waals surface area contributed by atoms with Crippen LogP contribution in [0.1, 0.15) is 28.9 Å². The summed E-state index contributed by atoms with van der Waals surface area (Å²) >= 11 is 6.09. The number of halogens is 1. The van der Waals surface area contributed by atoms with Gasteiger partial charge in [0.2, 0.25) is 11.8 Å². The number of amides is 1. The van der Waals surface area contributed by atoms with Gasteiger partial charge in [0.1, 0.15) is 0 Å². The van der Waals surface area contributed by atoms with Gasteiger partial charge in [0, 0.05) is 31.9 Å². The molecule has 1 aliphatic rings. The van der Waals surface area contributed by atoms with Crippen molar-refractivity contribution in [3.8, 4) is 5.88 Å². The van der Waals surface area contributed by atoms with Crippen molar-refractivity contribution in [1.29, 1.82) is 0 Å². The van der Waals surface area contributed by atoms with Crippen molar-refractivity contribution in [2.45, 2.75) is 19.4 Å². The first-order valence-corrected chi connectivity index (χ1v) is 8.10. The molecule has 0 atom stereocenters. The second kappa shape index (κ2) is 7.44. The summed E-state index contributed by atoms with van der Waals surface area (Å²) in [7, 11) is 1.55. The summed E-state index contributed by atoms with van der Waals surface area (Å²) in [6, 6.07) is 3.58. The summed E-state index contributed by atoms with van der Waals surface area (Å²) in [4.78, 5) is 27.1. The Kier molecular flexibility index (Phi) is 5.10. The number of hydrogen-bond acceptors (Lipinski definition) is 6. The van der Waals surface area contributed by atoms with Crippen LogP contribution in [-0.2, 0) is 6.54 Å². The second-order valence-corrected chi connectivity index (χ2v) is 5.86. The van der Waals surface area contributed by atoms with Crippen LogP contribution in [0.2, 0.25) is 5.02 Å². The zero-order valence-corrected chi connectivity index (χ0v) is 14.1. The smallest absolute Gasteiger partial charge is 0.271 e. The molecule has 1 N–H and O–H groups in total. The molecule has 0 saturated carbocycles. The van der Waals surface area contributed by atoms with E-state index in [1.165, 1.54) is 6.20 Å². The number of anilines is 1. The average molecular weight is 348 g/mol. The minimum atomic E-state index is -0.335. The van der Waals surface area contributed by atoms with Crippen molar-refractivity contribution in [1.82, 2.24) is 20.3 Å². The highest BCUT2D eigenvalue weighted by Gasteiger charge is 2.19. The molecular formula is C16H18ClN5O2. The third kappa shape index (κ3) is 3.73. The van der Waals surface area contributed by atoms with Crippen molar-refractivity contribution in [3.63, 3.8) is 0 Å². The Morgan fingerprint density at radius 1 is 1.29 bits per heavy atom. The normalized spacial score (nSPS) is 13.8. The molecule has 1 saturated heterocycles. The van der Waals surface area contributed by atoms with Gasteiger partial charge in [-0.1, -0.05) is 17.7 Å².